The number of aryl methyl sites for hydroxylation is 1. The molecule has 0 heterocycles. The molecule has 0 saturated heterocycles. The molecular formula is C36H26O. The van der Waals surface area contributed by atoms with E-state index in [4.69, 9.17) is 0 Å². The van der Waals surface area contributed by atoms with Crippen molar-refractivity contribution < 1.29 is 5.11 Å². The molecule has 0 aromatic heterocycles. The lowest BCUT2D eigenvalue weighted by Crippen LogP contribution is -2.01. The highest BCUT2D eigenvalue weighted by Crippen LogP contribution is 2.39. The summed E-state index contributed by atoms with van der Waals surface area (Å²) in [5.41, 5.74) is 2.41. The SMILES string of the molecule is OC(CCCc1ccc2ccc3cccc4ccc1c2c34)c1ccc2ccc3cccc4ccc1c2c34. The molecule has 1 unspecified atom stereocenters. The van der Waals surface area contributed by atoms with E-state index in [0.29, 0.717) is 0 Å². The van der Waals surface area contributed by atoms with E-state index in [-0.39, 0.29) is 0 Å². The van der Waals surface area contributed by atoms with Crippen molar-refractivity contribution in [1.29, 1.82) is 0 Å². The summed E-state index contributed by atoms with van der Waals surface area (Å²) in [5.74, 6) is 0. The Kier molecular flexibility index (Phi) is 4.47. The summed E-state index contributed by atoms with van der Waals surface area (Å²) < 4.78 is 0. The zero-order valence-corrected chi connectivity index (χ0v) is 20.5. The first-order valence-corrected chi connectivity index (χ1v) is 13.3. The second kappa shape index (κ2) is 7.90. The van der Waals surface area contributed by atoms with E-state index in [1.807, 2.05) is 0 Å². The van der Waals surface area contributed by atoms with Crippen LogP contribution in [0.3, 0.4) is 0 Å². The third kappa shape index (κ3) is 3.08. The molecule has 8 aromatic carbocycles. The fourth-order valence-electron chi connectivity index (χ4n) is 6.70. The highest BCUT2D eigenvalue weighted by Gasteiger charge is 2.16. The van der Waals surface area contributed by atoms with Gasteiger partial charge in [0.25, 0.3) is 0 Å². The maximum atomic E-state index is 11.4. The largest absolute Gasteiger partial charge is 0.388 e. The van der Waals surface area contributed by atoms with E-state index in [9.17, 15) is 5.11 Å². The van der Waals surface area contributed by atoms with Crippen LogP contribution in [0.15, 0.2) is 109 Å². The monoisotopic (exact) mass is 474 g/mol. The normalized spacial score (nSPS) is 13.2. The number of aliphatic hydroxyl groups excluding tert-OH is 1. The average Bonchev–Trinajstić information content (AvgIpc) is 2.95. The predicted octanol–water partition coefficient (Wildman–Crippen LogP) is 9.54. The van der Waals surface area contributed by atoms with Crippen LogP contribution in [0.5, 0.6) is 0 Å². The van der Waals surface area contributed by atoms with Gasteiger partial charge in [-0.05, 0) is 95.0 Å². The van der Waals surface area contributed by atoms with Gasteiger partial charge >= 0.3 is 0 Å². The topological polar surface area (TPSA) is 20.2 Å². The Morgan fingerprint density at radius 1 is 0.459 bits per heavy atom. The van der Waals surface area contributed by atoms with Crippen LogP contribution >= 0.6 is 0 Å². The molecule has 1 N–H and O–H groups in total. The zero-order valence-electron chi connectivity index (χ0n) is 20.5. The summed E-state index contributed by atoms with van der Waals surface area (Å²) in [5, 5.41) is 26.9. The summed E-state index contributed by atoms with van der Waals surface area (Å²) in [7, 11) is 0. The van der Waals surface area contributed by atoms with Crippen LogP contribution in [0.1, 0.15) is 30.1 Å². The number of rotatable bonds is 5. The van der Waals surface area contributed by atoms with Crippen molar-refractivity contribution in [1.82, 2.24) is 0 Å². The fourth-order valence-corrected chi connectivity index (χ4v) is 6.70. The molecule has 0 saturated carbocycles. The third-order valence-corrected chi connectivity index (χ3v) is 8.46. The molecule has 8 rings (SSSR count). The number of hydrogen-bond acceptors (Lipinski definition) is 1. The Morgan fingerprint density at radius 3 is 1.54 bits per heavy atom. The number of hydrogen-bond donors (Lipinski definition) is 1. The molecule has 0 aliphatic rings. The molecule has 0 aliphatic carbocycles. The summed E-state index contributed by atoms with van der Waals surface area (Å²) in [6.45, 7) is 0. The molecule has 176 valence electrons. The minimum Gasteiger partial charge on any atom is -0.388 e. The number of benzene rings is 8. The Hall–Kier alpha value is -4.20. The third-order valence-electron chi connectivity index (χ3n) is 8.46. The van der Waals surface area contributed by atoms with Crippen molar-refractivity contribution in [2.45, 2.75) is 25.4 Å². The standard InChI is InChI=1S/C36H26O/c37-32(30-20-17-28-15-13-24-6-2-8-26-18-21-31(30)36(28)34(24)26)9-3-4-22-10-11-27-14-12-23-5-1-7-25-16-19-29(22)35(27)33(23)25/h1-2,5-8,10-21,32,37H,3-4,9H2. The first kappa shape index (κ1) is 20.9. The van der Waals surface area contributed by atoms with E-state index >= 15 is 0 Å². The minimum atomic E-state index is -0.482. The lowest BCUT2D eigenvalue weighted by Gasteiger charge is -2.18. The minimum absolute atomic E-state index is 0.482. The Morgan fingerprint density at radius 2 is 0.919 bits per heavy atom. The van der Waals surface area contributed by atoms with Gasteiger partial charge in [-0.2, -0.15) is 0 Å². The molecule has 0 spiro atoms. The van der Waals surface area contributed by atoms with Gasteiger partial charge in [-0.3, -0.25) is 0 Å². The van der Waals surface area contributed by atoms with Gasteiger partial charge in [-0.25, -0.2) is 0 Å². The number of aliphatic hydroxyl groups is 1. The quantitative estimate of drug-likeness (QED) is 0.246. The zero-order chi connectivity index (χ0) is 24.5. The van der Waals surface area contributed by atoms with Gasteiger partial charge < -0.3 is 5.11 Å². The average molecular weight is 475 g/mol. The second-order valence-corrected chi connectivity index (χ2v) is 10.5. The van der Waals surface area contributed by atoms with E-state index in [1.54, 1.807) is 0 Å². The smallest absolute Gasteiger partial charge is 0.0796 e. The first-order chi connectivity index (χ1) is 18.3. The molecule has 1 nitrogen and oxygen atoms in total. The second-order valence-electron chi connectivity index (χ2n) is 10.5. The van der Waals surface area contributed by atoms with Gasteiger partial charge in [0.1, 0.15) is 0 Å². The maximum absolute atomic E-state index is 11.4. The Bertz CT molecular complexity index is 2050. The van der Waals surface area contributed by atoms with Crippen molar-refractivity contribution in [3.05, 3.63) is 120 Å². The maximum Gasteiger partial charge on any atom is 0.0796 e. The molecule has 1 atom stereocenters. The van der Waals surface area contributed by atoms with Gasteiger partial charge in [0.05, 0.1) is 6.10 Å². The van der Waals surface area contributed by atoms with E-state index < -0.39 is 6.10 Å². The molecule has 0 aliphatic heterocycles. The summed E-state index contributed by atoms with van der Waals surface area (Å²) in [4.78, 5) is 0. The van der Waals surface area contributed by atoms with Crippen molar-refractivity contribution in [2.24, 2.45) is 0 Å². The molecule has 8 aromatic rings. The molecule has 0 radical (unpaired) electrons. The molecule has 37 heavy (non-hydrogen) atoms. The van der Waals surface area contributed by atoms with Gasteiger partial charge in [0, 0.05) is 0 Å². The van der Waals surface area contributed by atoms with Crippen molar-refractivity contribution in [3.8, 4) is 0 Å². The fraction of sp³-hybridized carbons (Fsp3) is 0.111. The van der Waals surface area contributed by atoms with Crippen molar-refractivity contribution >= 4 is 64.6 Å². The van der Waals surface area contributed by atoms with Gasteiger partial charge in [0.15, 0.2) is 0 Å². The lowest BCUT2D eigenvalue weighted by molar-refractivity contribution is 0.166. The molecule has 0 fully saturated rings. The van der Waals surface area contributed by atoms with Crippen molar-refractivity contribution in [3.63, 3.8) is 0 Å². The lowest BCUT2D eigenvalue weighted by atomic mass is 9.88. The van der Waals surface area contributed by atoms with Gasteiger partial charge in [-0.1, -0.05) is 109 Å². The first-order valence-electron chi connectivity index (χ1n) is 13.3. The van der Waals surface area contributed by atoms with Crippen molar-refractivity contribution in [2.75, 3.05) is 0 Å². The van der Waals surface area contributed by atoms with E-state index in [1.165, 1.54) is 70.2 Å². The van der Waals surface area contributed by atoms with Crippen LogP contribution in [0.4, 0.5) is 0 Å². The Labute approximate surface area is 215 Å². The molecular weight excluding hydrogens is 448 g/mol. The van der Waals surface area contributed by atoms with Crippen LogP contribution < -0.4 is 0 Å². The molecule has 0 bridgehead atoms. The van der Waals surface area contributed by atoms with Crippen LogP contribution in [-0.4, -0.2) is 5.11 Å². The van der Waals surface area contributed by atoms with Crippen LogP contribution in [0.2, 0.25) is 0 Å². The summed E-state index contributed by atoms with van der Waals surface area (Å²) >= 11 is 0. The van der Waals surface area contributed by atoms with Crippen LogP contribution in [-0.2, 0) is 6.42 Å². The van der Waals surface area contributed by atoms with Crippen LogP contribution in [0.25, 0.3) is 64.6 Å². The molecule has 1 heteroatoms. The van der Waals surface area contributed by atoms with Crippen LogP contribution in [0, 0.1) is 0 Å². The van der Waals surface area contributed by atoms with Gasteiger partial charge in [-0.15, -0.1) is 0 Å². The molecule has 0 amide bonds. The van der Waals surface area contributed by atoms with E-state index in [2.05, 4.69) is 109 Å². The highest BCUT2D eigenvalue weighted by atomic mass is 16.3. The highest BCUT2D eigenvalue weighted by molar-refractivity contribution is 6.24. The Balaban J connectivity index is 1.13. The van der Waals surface area contributed by atoms with E-state index in [0.717, 1.165) is 24.8 Å². The summed E-state index contributed by atoms with van der Waals surface area (Å²) in [6.07, 6.45) is 2.15. The summed E-state index contributed by atoms with van der Waals surface area (Å²) in [6, 6.07) is 39.7. The van der Waals surface area contributed by atoms with Gasteiger partial charge in [0.2, 0.25) is 0 Å². The predicted molar refractivity (Wildman–Crippen MR) is 158 cm³/mol.